The Morgan fingerprint density at radius 2 is 1.36 bits per heavy atom. The summed E-state index contributed by atoms with van der Waals surface area (Å²) >= 11 is 0. The first-order valence-electron chi connectivity index (χ1n) is 10.8. The molecular formula is C21H36N2O2. The van der Waals surface area contributed by atoms with Crippen LogP contribution in [0.2, 0.25) is 0 Å². The lowest BCUT2D eigenvalue weighted by Gasteiger charge is -2.33. The van der Waals surface area contributed by atoms with Crippen molar-refractivity contribution in [1.29, 1.82) is 0 Å². The summed E-state index contributed by atoms with van der Waals surface area (Å²) in [6, 6.07) is 0.297. The van der Waals surface area contributed by atoms with Crippen molar-refractivity contribution in [2.45, 2.75) is 95.9 Å². The fourth-order valence-electron chi connectivity index (χ4n) is 4.97. The number of hydrogen-bond acceptors (Lipinski definition) is 2. The van der Waals surface area contributed by atoms with Crippen molar-refractivity contribution >= 4 is 11.8 Å². The molecule has 3 aliphatic rings. The maximum absolute atomic E-state index is 12.8. The van der Waals surface area contributed by atoms with Gasteiger partial charge in [-0.05, 0) is 57.3 Å². The first-order chi connectivity index (χ1) is 12.2. The van der Waals surface area contributed by atoms with Crippen molar-refractivity contribution in [1.82, 2.24) is 10.2 Å². The largest absolute Gasteiger partial charge is 0.353 e. The minimum Gasteiger partial charge on any atom is -0.353 e. The van der Waals surface area contributed by atoms with E-state index >= 15 is 0 Å². The van der Waals surface area contributed by atoms with Gasteiger partial charge in [0.1, 0.15) is 0 Å². The molecule has 4 nitrogen and oxygen atoms in total. The topological polar surface area (TPSA) is 49.4 Å². The van der Waals surface area contributed by atoms with Gasteiger partial charge in [-0.15, -0.1) is 0 Å². The molecule has 25 heavy (non-hydrogen) atoms. The van der Waals surface area contributed by atoms with E-state index < -0.39 is 0 Å². The maximum atomic E-state index is 12.8. The molecule has 4 heteroatoms. The van der Waals surface area contributed by atoms with E-state index in [2.05, 4.69) is 10.2 Å². The van der Waals surface area contributed by atoms with Crippen LogP contribution in [0.3, 0.4) is 0 Å². The monoisotopic (exact) mass is 348 g/mol. The molecule has 0 unspecified atom stereocenters. The average Bonchev–Trinajstić information content (AvgIpc) is 3.07. The van der Waals surface area contributed by atoms with E-state index in [4.69, 9.17) is 0 Å². The van der Waals surface area contributed by atoms with Crippen LogP contribution in [0.25, 0.3) is 0 Å². The molecule has 2 amide bonds. The smallest absolute Gasteiger partial charge is 0.225 e. The minimum atomic E-state index is 0.197. The Morgan fingerprint density at radius 3 is 2.00 bits per heavy atom. The Kier molecular flexibility index (Phi) is 7.18. The van der Waals surface area contributed by atoms with E-state index in [9.17, 15) is 9.59 Å². The van der Waals surface area contributed by atoms with Crippen molar-refractivity contribution in [3.63, 3.8) is 0 Å². The van der Waals surface area contributed by atoms with E-state index in [0.717, 1.165) is 51.6 Å². The van der Waals surface area contributed by atoms with Gasteiger partial charge in [0.05, 0.1) is 0 Å². The molecule has 1 heterocycles. The van der Waals surface area contributed by atoms with Crippen molar-refractivity contribution in [3.05, 3.63) is 0 Å². The molecule has 3 rings (SSSR count). The summed E-state index contributed by atoms with van der Waals surface area (Å²) in [5.41, 5.74) is 0. The predicted octanol–water partition coefficient (Wildman–Crippen LogP) is 4.03. The summed E-state index contributed by atoms with van der Waals surface area (Å²) < 4.78 is 0. The number of likely N-dealkylation sites (tertiary alicyclic amines) is 1. The molecule has 2 aliphatic carbocycles. The maximum Gasteiger partial charge on any atom is 0.225 e. The van der Waals surface area contributed by atoms with Crippen molar-refractivity contribution < 1.29 is 9.59 Å². The Labute approximate surface area is 153 Å². The number of rotatable bonds is 4. The molecule has 0 aromatic rings. The summed E-state index contributed by atoms with van der Waals surface area (Å²) in [6.07, 6.45) is 15.8. The summed E-state index contributed by atoms with van der Waals surface area (Å²) in [4.78, 5) is 27.2. The Balaban J connectivity index is 1.38. The highest BCUT2D eigenvalue weighted by atomic mass is 16.2. The molecule has 2 saturated carbocycles. The molecule has 0 aromatic carbocycles. The van der Waals surface area contributed by atoms with E-state index in [1.807, 2.05) is 0 Å². The van der Waals surface area contributed by atoms with Gasteiger partial charge in [0.2, 0.25) is 11.8 Å². The Hall–Kier alpha value is -1.06. The van der Waals surface area contributed by atoms with E-state index in [-0.39, 0.29) is 11.8 Å². The highest BCUT2D eigenvalue weighted by Crippen LogP contribution is 2.29. The molecule has 142 valence electrons. The molecule has 0 bridgehead atoms. The lowest BCUT2D eigenvalue weighted by molar-refractivity contribution is -0.137. The third-order valence-electron chi connectivity index (χ3n) is 6.56. The SMILES string of the molecule is O=C(CC1CCCC1)NC1CCC(C(=O)N2CCCCCCC2)CC1. The fourth-order valence-corrected chi connectivity index (χ4v) is 4.97. The third-order valence-corrected chi connectivity index (χ3v) is 6.56. The van der Waals surface area contributed by atoms with Gasteiger partial charge in [0, 0.05) is 31.5 Å². The highest BCUT2D eigenvalue weighted by Gasteiger charge is 2.30. The standard InChI is InChI=1S/C21H36N2O2/c24-20(16-17-8-4-5-9-17)22-19-12-10-18(11-13-19)21(25)23-14-6-2-1-3-7-15-23/h17-19H,1-16H2,(H,22,24). The fraction of sp³-hybridized carbons (Fsp3) is 0.905. The van der Waals surface area contributed by atoms with Crippen molar-refractivity contribution in [2.75, 3.05) is 13.1 Å². The Morgan fingerprint density at radius 1 is 0.760 bits per heavy atom. The normalized spacial score (nSPS) is 29.0. The molecule has 0 radical (unpaired) electrons. The third kappa shape index (κ3) is 5.72. The van der Waals surface area contributed by atoms with E-state index in [0.29, 0.717) is 24.3 Å². The van der Waals surface area contributed by atoms with E-state index in [1.165, 1.54) is 44.9 Å². The van der Waals surface area contributed by atoms with E-state index in [1.54, 1.807) is 0 Å². The zero-order valence-electron chi connectivity index (χ0n) is 15.8. The number of amides is 2. The molecule has 0 spiro atoms. The first kappa shape index (κ1) is 18.7. The quantitative estimate of drug-likeness (QED) is 0.834. The molecule has 0 atom stereocenters. The van der Waals surface area contributed by atoms with Crippen molar-refractivity contribution in [2.24, 2.45) is 11.8 Å². The molecule has 0 aromatic heterocycles. The van der Waals surface area contributed by atoms with Gasteiger partial charge < -0.3 is 10.2 Å². The van der Waals surface area contributed by atoms with Crippen LogP contribution < -0.4 is 5.32 Å². The van der Waals surface area contributed by atoms with Gasteiger partial charge in [-0.2, -0.15) is 0 Å². The van der Waals surface area contributed by atoms with Gasteiger partial charge in [0.25, 0.3) is 0 Å². The number of nitrogens with zero attached hydrogens (tertiary/aromatic N) is 1. The second-order valence-electron chi connectivity index (χ2n) is 8.56. The van der Waals surface area contributed by atoms with Crippen LogP contribution in [0.5, 0.6) is 0 Å². The lowest BCUT2D eigenvalue weighted by Crippen LogP contribution is -2.43. The second-order valence-corrected chi connectivity index (χ2v) is 8.56. The number of hydrogen-bond donors (Lipinski definition) is 1. The summed E-state index contributed by atoms with van der Waals surface area (Å²) in [7, 11) is 0. The summed E-state index contributed by atoms with van der Waals surface area (Å²) in [5, 5.41) is 3.24. The molecular weight excluding hydrogens is 312 g/mol. The van der Waals surface area contributed by atoms with Crippen molar-refractivity contribution in [3.8, 4) is 0 Å². The van der Waals surface area contributed by atoms with Crippen LogP contribution in [0.4, 0.5) is 0 Å². The number of nitrogens with one attached hydrogen (secondary N) is 1. The van der Waals surface area contributed by atoms with Crippen LogP contribution in [0.1, 0.15) is 89.9 Å². The molecule has 1 N–H and O–H groups in total. The zero-order chi connectivity index (χ0) is 17.5. The van der Waals surface area contributed by atoms with Crippen LogP contribution in [0, 0.1) is 11.8 Å². The summed E-state index contributed by atoms with van der Waals surface area (Å²) in [6.45, 7) is 1.91. The van der Waals surface area contributed by atoms with Crippen LogP contribution in [-0.2, 0) is 9.59 Å². The van der Waals surface area contributed by atoms with Gasteiger partial charge >= 0.3 is 0 Å². The minimum absolute atomic E-state index is 0.197. The van der Waals surface area contributed by atoms with Gasteiger partial charge in [-0.1, -0.05) is 32.1 Å². The van der Waals surface area contributed by atoms with Crippen LogP contribution >= 0.6 is 0 Å². The number of carbonyl (C=O) groups is 2. The second kappa shape index (κ2) is 9.59. The van der Waals surface area contributed by atoms with Gasteiger partial charge in [-0.25, -0.2) is 0 Å². The lowest BCUT2D eigenvalue weighted by atomic mass is 9.84. The van der Waals surface area contributed by atoms with Gasteiger partial charge in [-0.3, -0.25) is 9.59 Å². The average molecular weight is 349 g/mol. The van der Waals surface area contributed by atoms with Crippen LogP contribution in [-0.4, -0.2) is 35.8 Å². The molecule has 1 aliphatic heterocycles. The number of carbonyl (C=O) groups excluding carboxylic acids is 2. The molecule has 3 fully saturated rings. The zero-order valence-corrected chi connectivity index (χ0v) is 15.8. The van der Waals surface area contributed by atoms with Gasteiger partial charge in [0.15, 0.2) is 0 Å². The predicted molar refractivity (Wildman–Crippen MR) is 100 cm³/mol. The Bertz CT molecular complexity index is 429. The summed E-state index contributed by atoms with van der Waals surface area (Å²) in [5.74, 6) is 1.44. The van der Waals surface area contributed by atoms with Crippen LogP contribution in [0.15, 0.2) is 0 Å². The highest BCUT2D eigenvalue weighted by molar-refractivity contribution is 5.79. The molecule has 1 saturated heterocycles. The first-order valence-corrected chi connectivity index (χ1v) is 10.8.